The van der Waals surface area contributed by atoms with Crippen LogP contribution in [0.1, 0.15) is 12.0 Å². The first-order valence-corrected chi connectivity index (χ1v) is 6.01. The third-order valence-electron chi connectivity index (χ3n) is 2.95. The predicted molar refractivity (Wildman–Crippen MR) is 65.7 cm³/mol. The van der Waals surface area contributed by atoms with Crippen LogP contribution < -0.4 is 15.8 Å². The Hall–Kier alpha value is -1.06. The third-order valence-corrected chi connectivity index (χ3v) is 2.95. The summed E-state index contributed by atoms with van der Waals surface area (Å²) in [6.45, 7) is 3.62. The fourth-order valence-corrected chi connectivity index (χ4v) is 2.06. The predicted octanol–water partition coefficient (Wildman–Crippen LogP) is 1.18. The minimum atomic E-state index is 0.590. The van der Waals surface area contributed by atoms with E-state index >= 15 is 0 Å². The van der Waals surface area contributed by atoms with Crippen molar-refractivity contribution in [1.29, 1.82) is 0 Å². The number of rotatable bonds is 5. The Labute approximate surface area is 97.0 Å². The SMILES string of the molecule is NCCCNCC1COc2ccccc2C1. The second kappa shape index (κ2) is 5.87. The van der Waals surface area contributed by atoms with Gasteiger partial charge >= 0.3 is 0 Å². The molecule has 1 heterocycles. The van der Waals surface area contributed by atoms with Crippen LogP contribution in [0.3, 0.4) is 0 Å². The second-order valence-electron chi connectivity index (χ2n) is 4.34. The minimum Gasteiger partial charge on any atom is -0.493 e. The standard InChI is InChI=1S/C13H20N2O/c14-6-3-7-15-9-11-8-12-4-1-2-5-13(12)16-10-11/h1-2,4-5,11,15H,3,6-10,14H2. The molecule has 0 amide bonds. The maximum Gasteiger partial charge on any atom is 0.122 e. The Morgan fingerprint density at radius 1 is 1.38 bits per heavy atom. The molecule has 1 unspecified atom stereocenters. The summed E-state index contributed by atoms with van der Waals surface area (Å²) in [5.41, 5.74) is 6.78. The molecule has 3 nitrogen and oxygen atoms in total. The van der Waals surface area contributed by atoms with E-state index in [0.717, 1.165) is 44.8 Å². The number of nitrogens with two attached hydrogens (primary N) is 1. The van der Waals surface area contributed by atoms with E-state index in [1.54, 1.807) is 0 Å². The number of fused-ring (bicyclic) bond motifs is 1. The average Bonchev–Trinajstić information content (AvgIpc) is 2.34. The lowest BCUT2D eigenvalue weighted by molar-refractivity contribution is 0.218. The van der Waals surface area contributed by atoms with Crippen molar-refractivity contribution in [2.45, 2.75) is 12.8 Å². The van der Waals surface area contributed by atoms with Gasteiger partial charge in [-0.1, -0.05) is 18.2 Å². The van der Waals surface area contributed by atoms with Crippen LogP contribution in [0.4, 0.5) is 0 Å². The highest BCUT2D eigenvalue weighted by atomic mass is 16.5. The Bertz CT molecular complexity index is 327. The zero-order valence-corrected chi connectivity index (χ0v) is 9.61. The maximum atomic E-state index is 5.73. The van der Waals surface area contributed by atoms with Gasteiger partial charge in [-0.25, -0.2) is 0 Å². The molecular weight excluding hydrogens is 200 g/mol. The van der Waals surface area contributed by atoms with Crippen molar-refractivity contribution in [2.75, 3.05) is 26.2 Å². The van der Waals surface area contributed by atoms with Gasteiger partial charge in [-0.15, -0.1) is 0 Å². The van der Waals surface area contributed by atoms with Crippen LogP contribution in [0.5, 0.6) is 5.75 Å². The van der Waals surface area contributed by atoms with Gasteiger partial charge in [0.05, 0.1) is 6.61 Å². The first-order valence-electron chi connectivity index (χ1n) is 6.01. The van der Waals surface area contributed by atoms with E-state index in [2.05, 4.69) is 17.4 Å². The molecule has 88 valence electrons. The van der Waals surface area contributed by atoms with Crippen molar-refractivity contribution in [3.63, 3.8) is 0 Å². The van der Waals surface area contributed by atoms with Gasteiger partial charge in [-0.2, -0.15) is 0 Å². The maximum absolute atomic E-state index is 5.73. The largest absolute Gasteiger partial charge is 0.493 e. The van der Waals surface area contributed by atoms with E-state index in [4.69, 9.17) is 10.5 Å². The molecule has 0 aliphatic carbocycles. The number of para-hydroxylation sites is 1. The number of hydrogen-bond acceptors (Lipinski definition) is 3. The highest BCUT2D eigenvalue weighted by molar-refractivity contribution is 5.35. The molecule has 1 atom stereocenters. The van der Waals surface area contributed by atoms with Crippen LogP contribution in [0.2, 0.25) is 0 Å². The summed E-state index contributed by atoms with van der Waals surface area (Å²) < 4.78 is 5.73. The van der Waals surface area contributed by atoms with Gasteiger partial charge in [0.2, 0.25) is 0 Å². The van der Waals surface area contributed by atoms with Gasteiger partial charge in [0.25, 0.3) is 0 Å². The zero-order valence-electron chi connectivity index (χ0n) is 9.61. The summed E-state index contributed by atoms with van der Waals surface area (Å²) in [4.78, 5) is 0. The van der Waals surface area contributed by atoms with Gasteiger partial charge in [0.1, 0.15) is 5.75 Å². The summed E-state index contributed by atoms with van der Waals surface area (Å²) >= 11 is 0. The molecule has 0 aromatic heterocycles. The lowest BCUT2D eigenvalue weighted by Crippen LogP contribution is -2.32. The lowest BCUT2D eigenvalue weighted by Gasteiger charge is -2.25. The number of benzene rings is 1. The van der Waals surface area contributed by atoms with Gasteiger partial charge in [0, 0.05) is 12.5 Å². The van der Waals surface area contributed by atoms with Crippen molar-refractivity contribution in [3.8, 4) is 5.75 Å². The monoisotopic (exact) mass is 220 g/mol. The molecule has 16 heavy (non-hydrogen) atoms. The number of nitrogens with one attached hydrogen (secondary N) is 1. The summed E-state index contributed by atoms with van der Waals surface area (Å²) in [7, 11) is 0. The Kier molecular flexibility index (Phi) is 4.19. The summed E-state index contributed by atoms with van der Waals surface area (Å²) in [5, 5.41) is 3.43. The van der Waals surface area contributed by atoms with Crippen molar-refractivity contribution in [2.24, 2.45) is 11.7 Å². The molecule has 0 fully saturated rings. The summed E-state index contributed by atoms with van der Waals surface area (Å²) in [5.74, 6) is 1.65. The summed E-state index contributed by atoms with van der Waals surface area (Å²) in [6.07, 6.45) is 2.16. The zero-order chi connectivity index (χ0) is 11.2. The molecule has 1 aromatic carbocycles. The van der Waals surface area contributed by atoms with E-state index in [1.807, 2.05) is 12.1 Å². The molecule has 0 spiro atoms. The first-order chi connectivity index (χ1) is 7.90. The van der Waals surface area contributed by atoms with Crippen LogP contribution in [0, 0.1) is 5.92 Å². The number of hydrogen-bond donors (Lipinski definition) is 2. The average molecular weight is 220 g/mol. The van der Waals surface area contributed by atoms with Crippen LogP contribution in [0.25, 0.3) is 0 Å². The minimum absolute atomic E-state index is 0.590. The van der Waals surface area contributed by atoms with Crippen molar-refractivity contribution >= 4 is 0 Å². The van der Waals surface area contributed by atoms with Crippen LogP contribution in [-0.4, -0.2) is 26.2 Å². The fraction of sp³-hybridized carbons (Fsp3) is 0.538. The Morgan fingerprint density at radius 2 is 2.25 bits per heavy atom. The topological polar surface area (TPSA) is 47.3 Å². The number of ether oxygens (including phenoxy) is 1. The molecule has 1 aliphatic heterocycles. The van der Waals surface area contributed by atoms with Gasteiger partial charge in [-0.05, 0) is 37.6 Å². The molecule has 1 aliphatic rings. The molecule has 0 bridgehead atoms. The van der Waals surface area contributed by atoms with Crippen molar-refractivity contribution in [1.82, 2.24) is 5.32 Å². The van der Waals surface area contributed by atoms with E-state index < -0.39 is 0 Å². The van der Waals surface area contributed by atoms with Gasteiger partial charge in [-0.3, -0.25) is 0 Å². The van der Waals surface area contributed by atoms with E-state index in [0.29, 0.717) is 5.92 Å². The van der Waals surface area contributed by atoms with Crippen molar-refractivity contribution in [3.05, 3.63) is 29.8 Å². The molecule has 1 aromatic rings. The first kappa shape index (κ1) is 11.4. The van der Waals surface area contributed by atoms with Gasteiger partial charge in [0.15, 0.2) is 0 Å². The van der Waals surface area contributed by atoms with E-state index in [-0.39, 0.29) is 0 Å². The van der Waals surface area contributed by atoms with Crippen LogP contribution in [-0.2, 0) is 6.42 Å². The van der Waals surface area contributed by atoms with E-state index in [1.165, 1.54) is 5.56 Å². The van der Waals surface area contributed by atoms with E-state index in [9.17, 15) is 0 Å². The normalized spacial score (nSPS) is 18.9. The molecular formula is C13H20N2O. The molecule has 0 saturated heterocycles. The third kappa shape index (κ3) is 2.97. The molecule has 3 heteroatoms. The summed E-state index contributed by atoms with van der Waals surface area (Å²) in [6, 6.07) is 8.31. The molecule has 3 N–H and O–H groups in total. The van der Waals surface area contributed by atoms with Crippen molar-refractivity contribution < 1.29 is 4.74 Å². The fourth-order valence-electron chi connectivity index (χ4n) is 2.06. The van der Waals surface area contributed by atoms with Gasteiger partial charge < -0.3 is 15.8 Å². The Balaban J connectivity index is 1.79. The molecule has 0 radical (unpaired) electrons. The Morgan fingerprint density at radius 3 is 3.12 bits per heavy atom. The van der Waals surface area contributed by atoms with Crippen LogP contribution in [0.15, 0.2) is 24.3 Å². The molecule has 2 rings (SSSR count). The lowest BCUT2D eigenvalue weighted by atomic mass is 9.97. The quantitative estimate of drug-likeness (QED) is 0.732. The molecule has 0 saturated carbocycles. The highest BCUT2D eigenvalue weighted by Crippen LogP contribution is 2.26. The smallest absolute Gasteiger partial charge is 0.122 e. The highest BCUT2D eigenvalue weighted by Gasteiger charge is 2.18. The second-order valence-corrected chi connectivity index (χ2v) is 4.34. The van der Waals surface area contributed by atoms with Crippen LogP contribution >= 0.6 is 0 Å².